The Morgan fingerprint density at radius 2 is 2.00 bits per heavy atom. The lowest BCUT2D eigenvalue weighted by atomic mass is 10.1. The van der Waals surface area contributed by atoms with Crippen molar-refractivity contribution in [2.45, 2.75) is 46.2 Å². The first-order valence-electron chi connectivity index (χ1n) is 10.6. The van der Waals surface area contributed by atoms with E-state index in [0.29, 0.717) is 16.3 Å². The van der Waals surface area contributed by atoms with Gasteiger partial charge in [0.1, 0.15) is 5.82 Å². The normalized spacial score (nSPS) is 18.4. The molecule has 1 aromatic heterocycles. The summed E-state index contributed by atoms with van der Waals surface area (Å²) in [4.78, 5) is 4.47. The Balaban J connectivity index is 2.99. The summed E-state index contributed by atoms with van der Waals surface area (Å²) in [5, 5.41) is 0.491. The number of nitrogens with zero attached hydrogens (tertiary/aromatic N) is 2. The highest BCUT2D eigenvalue weighted by atomic mass is 28.3. The third kappa shape index (κ3) is 3.27. The molecule has 0 amide bonds. The molecule has 2 nitrogen and oxygen atoms in total. The van der Waals surface area contributed by atoms with Crippen LogP contribution in [0.15, 0.2) is 24.4 Å². The van der Waals surface area contributed by atoms with E-state index in [2.05, 4.69) is 4.98 Å². The number of hydrogen-bond donors (Lipinski definition) is 0. The van der Waals surface area contributed by atoms with Gasteiger partial charge in [0, 0.05) is 20.7 Å². The zero-order chi connectivity index (χ0) is 22.6. The molecule has 0 radical (unpaired) electrons. The van der Waals surface area contributed by atoms with Crippen LogP contribution in [0.1, 0.15) is 40.5 Å². The van der Waals surface area contributed by atoms with E-state index in [1.165, 1.54) is 18.2 Å². The number of benzene rings is 1. The second-order valence-electron chi connectivity index (χ2n) is 6.52. The molecule has 0 atom stereocenters. The molecular formula is C18H26FN2Si+. The standard InChI is InChI=1S/C18H26FN2Si/c1-12(2)17-16(22(5,6)7)11-21(4)18(20-17)15-9-8-14(19)10-13(15)3/h8-12H,1-7H3/q+1/i1D3,2D3,12D. The summed E-state index contributed by atoms with van der Waals surface area (Å²) in [5.41, 5.74) is 0.849. The Morgan fingerprint density at radius 3 is 2.55 bits per heavy atom. The quantitative estimate of drug-likeness (QED) is 0.621. The van der Waals surface area contributed by atoms with Crippen LogP contribution >= 0.6 is 0 Å². The summed E-state index contributed by atoms with van der Waals surface area (Å²) >= 11 is 0. The highest BCUT2D eigenvalue weighted by Gasteiger charge is 2.30. The Bertz CT molecular complexity index is 920. The summed E-state index contributed by atoms with van der Waals surface area (Å²) < 4.78 is 71.2. The fourth-order valence-electron chi connectivity index (χ4n) is 2.43. The molecule has 0 aliphatic rings. The van der Waals surface area contributed by atoms with E-state index in [9.17, 15) is 4.39 Å². The van der Waals surface area contributed by atoms with E-state index in [4.69, 9.17) is 9.60 Å². The van der Waals surface area contributed by atoms with Crippen LogP contribution in [-0.4, -0.2) is 13.1 Å². The van der Waals surface area contributed by atoms with Crippen LogP contribution in [0.3, 0.4) is 0 Å². The molecule has 1 aromatic carbocycles. The first kappa shape index (κ1) is 9.56. The summed E-state index contributed by atoms with van der Waals surface area (Å²) in [5.74, 6) is -3.04. The highest BCUT2D eigenvalue weighted by Crippen LogP contribution is 2.22. The predicted molar refractivity (Wildman–Crippen MR) is 92.6 cm³/mol. The Hall–Kier alpha value is -1.55. The zero-order valence-corrected chi connectivity index (χ0v) is 14.6. The molecule has 0 saturated carbocycles. The molecule has 0 N–H and O–H groups in total. The average molecular weight is 325 g/mol. The summed E-state index contributed by atoms with van der Waals surface area (Å²) in [7, 11) is -0.569. The molecule has 22 heavy (non-hydrogen) atoms. The highest BCUT2D eigenvalue weighted by molar-refractivity contribution is 6.88. The Morgan fingerprint density at radius 1 is 1.32 bits per heavy atom. The number of hydrogen-bond acceptors (Lipinski definition) is 1. The Labute approximate surface area is 143 Å². The third-order valence-corrected chi connectivity index (χ3v) is 5.59. The van der Waals surface area contributed by atoms with Crippen molar-refractivity contribution in [3.8, 4) is 11.4 Å². The minimum atomic E-state index is -3.13. The van der Waals surface area contributed by atoms with Gasteiger partial charge in [0.2, 0.25) is 0 Å². The molecule has 2 rings (SSSR count). The van der Waals surface area contributed by atoms with Gasteiger partial charge in [-0.15, -0.1) is 0 Å². The van der Waals surface area contributed by atoms with Gasteiger partial charge in [0.25, 0.3) is 0 Å². The summed E-state index contributed by atoms with van der Waals surface area (Å²) in [6.07, 6.45) is 1.67. The van der Waals surface area contributed by atoms with E-state index < -0.39 is 33.5 Å². The van der Waals surface area contributed by atoms with Gasteiger partial charge in [-0.1, -0.05) is 33.3 Å². The summed E-state index contributed by atoms with van der Waals surface area (Å²) in [6.45, 7) is 1.25. The minimum Gasteiger partial charge on any atom is -0.233 e. The summed E-state index contributed by atoms with van der Waals surface area (Å²) in [6, 6.07) is 4.10. The van der Waals surface area contributed by atoms with Gasteiger partial charge in [0.15, 0.2) is 5.69 Å². The van der Waals surface area contributed by atoms with Crippen molar-refractivity contribution >= 4 is 13.3 Å². The van der Waals surface area contributed by atoms with Crippen molar-refractivity contribution in [1.82, 2.24) is 4.98 Å². The molecule has 0 fully saturated rings. The van der Waals surface area contributed by atoms with Crippen molar-refractivity contribution in [1.29, 1.82) is 0 Å². The van der Waals surface area contributed by atoms with E-state index in [-0.39, 0.29) is 11.5 Å². The third-order valence-electron chi connectivity index (χ3n) is 3.60. The number of aryl methyl sites for hydroxylation is 2. The molecule has 0 aliphatic carbocycles. The van der Waals surface area contributed by atoms with Gasteiger partial charge < -0.3 is 0 Å². The van der Waals surface area contributed by atoms with Crippen LogP contribution in [-0.2, 0) is 7.05 Å². The van der Waals surface area contributed by atoms with Crippen molar-refractivity contribution in [2.75, 3.05) is 0 Å². The number of aromatic nitrogens is 2. The van der Waals surface area contributed by atoms with Gasteiger partial charge in [-0.2, -0.15) is 0 Å². The Kier molecular flexibility index (Phi) is 2.57. The average Bonchev–Trinajstić information content (AvgIpc) is 2.51. The second-order valence-corrected chi connectivity index (χ2v) is 11.6. The molecule has 2 aromatic rings. The zero-order valence-electron chi connectivity index (χ0n) is 20.6. The van der Waals surface area contributed by atoms with Gasteiger partial charge in [-0.3, -0.25) is 0 Å². The minimum absolute atomic E-state index is 0.256. The molecule has 4 heteroatoms. The van der Waals surface area contributed by atoms with Gasteiger partial charge >= 0.3 is 5.82 Å². The monoisotopic (exact) mass is 324 g/mol. The second kappa shape index (κ2) is 5.92. The lowest BCUT2D eigenvalue weighted by Crippen LogP contribution is -2.48. The predicted octanol–water partition coefficient (Wildman–Crippen LogP) is 3.69. The topological polar surface area (TPSA) is 16.8 Å². The number of rotatable bonds is 3. The number of halogens is 1. The molecule has 0 aliphatic heterocycles. The van der Waals surface area contributed by atoms with Crippen LogP contribution in [0.25, 0.3) is 11.4 Å². The lowest BCUT2D eigenvalue weighted by Gasteiger charge is -2.19. The SMILES string of the molecule is [2H]C([2H])([2H])C([2H])(c1nc(-c2ccc(F)cc2C)[n+](C)cc1[Si](C)(C)C)C([2H])([2H])[2H]. The molecule has 1 heterocycles. The van der Waals surface area contributed by atoms with Crippen molar-refractivity contribution in [3.05, 3.63) is 41.5 Å². The van der Waals surface area contributed by atoms with E-state index in [1.54, 1.807) is 24.7 Å². The molecule has 0 bridgehead atoms. The fourth-order valence-corrected chi connectivity index (χ4v) is 3.90. The van der Waals surface area contributed by atoms with Gasteiger partial charge in [0.05, 0.1) is 26.9 Å². The van der Waals surface area contributed by atoms with Crippen LogP contribution in [0.5, 0.6) is 0 Å². The molecular weight excluding hydrogens is 291 g/mol. The van der Waals surface area contributed by atoms with E-state index >= 15 is 0 Å². The maximum atomic E-state index is 13.6. The first-order chi connectivity index (χ1) is 12.9. The molecule has 0 spiro atoms. The van der Waals surface area contributed by atoms with Gasteiger partial charge in [-0.25, -0.2) is 8.96 Å². The lowest BCUT2D eigenvalue weighted by molar-refractivity contribution is -0.662. The smallest absolute Gasteiger partial charge is 0.233 e. The van der Waals surface area contributed by atoms with E-state index in [0.717, 1.165) is 0 Å². The molecule has 0 saturated heterocycles. The fraction of sp³-hybridized carbons (Fsp3) is 0.444. The van der Waals surface area contributed by atoms with Crippen molar-refractivity contribution in [3.63, 3.8) is 0 Å². The maximum absolute atomic E-state index is 13.6. The van der Waals surface area contributed by atoms with Crippen molar-refractivity contribution < 1.29 is 18.6 Å². The van der Waals surface area contributed by atoms with Crippen molar-refractivity contribution in [2.24, 2.45) is 7.05 Å². The first-order valence-corrected chi connectivity index (χ1v) is 10.6. The van der Waals surface area contributed by atoms with Crippen LogP contribution in [0.2, 0.25) is 19.6 Å². The largest absolute Gasteiger partial charge is 0.330 e. The van der Waals surface area contributed by atoms with E-state index in [1.807, 2.05) is 19.6 Å². The van der Waals surface area contributed by atoms with Gasteiger partial charge in [-0.05, 0) is 35.7 Å². The maximum Gasteiger partial charge on any atom is 0.330 e. The van der Waals surface area contributed by atoms with Crippen LogP contribution in [0.4, 0.5) is 4.39 Å². The van der Waals surface area contributed by atoms with Crippen LogP contribution in [0, 0.1) is 12.7 Å². The van der Waals surface area contributed by atoms with Crippen LogP contribution < -0.4 is 9.75 Å². The molecule has 0 unspecified atom stereocenters. The molecule has 118 valence electrons.